The summed E-state index contributed by atoms with van der Waals surface area (Å²) in [5.74, 6) is -0.921. The molecule has 1 atom stereocenters. The Morgan fingerprint density at radius 3 is 2.20 bits per heavy atom. The molecule has 3 aromatic carbocycles. The van der Waals surface area contributed by atoms with E-state index in [0.717, 1.165) is 28.6 Å². The van der Waals surface area contributed by atoms with Crippen LogP contribution in [0.1, 0.15) is 39.7 Å². The second-order valence-electron chi connectivity index (χ2n) is 10.3. The highest BCUT2D eigenvalue weighted by atomic mass is 32.2. The van der Waals surface area contributed by atoms with Crippen molar-refractivity contribution >= 4 is 27.5 Å². The van der Waals surface area contributed by atoms with Crippen LogP contribution in [0.25, 0.3) is 0 Å². The Hall–Kier alpha value is -3.92. The number of hydrogen-bond acceptors (Lipinski definition) is 5. The average Bonchev–Trinajstić information content (AvgIpc) is 2.91. The molecular formula is C30H36FN3O5S. The molecule has 0 radical (unpaired) electrons. The molecule has 3 rings (SSSR count). The minimum atomic E-state index is -4.27. The van der Waals surface area contributed by atoms with Gasteiger partial charge in [-0.1, -0.05) is 37.3 Å². The predicted molar refractivity (Wildman–Crippen MR) is 153 cm³/mol. The van der Waals surface area contributed by atoms with Gasteiger partial charge in [0.05, 0.1) is 17.7 Å². The molecule has 0 aliphatic carbocycles. The van der Waals surface area contributed by atoms with Crippen molar-refractivity contribution < 1.29 is 27.1 Å². The second-order valence-corrected chi connectivity index (χ2v) is 12.2. The van der Waals surface area contributed by atoms with Crippen molar-refractivity contribution in [1.82, 2.24) is 10.2 Å². The number of nitrogens with one attached hydrogen (secondary N) is 1. The SMILES string of the molecule is CC[C@@H](C(=O)NC(C)(C)C)N(Cc1cccc(OC)c1)C(=O)CN(c1ccccc1)S(=O)(=O)c1ccc(F)cc1. The molecule has 0 unspecified atom stereocenters. The minimum absolute atomic E-state index is 0.0470. The van der Waals surface area contributed by atoms with E-state index in [1.165, 1.54) is 12.0 Å². The summed E-state index contributed by atoms with van der Waals surface area (Å²) in [6.07, 6.45) is 0.299. The van der Waals surface area contributed by atoms with Crippen LogP contribution >= 0.6 is 0 Å². The van der Waals surface area contributed by atoms with Crippen molar-refractivity contribution in [3.63, 3.8) is 0 Å². The molecule has 0 heterocycles. The highest BCUT2D eigenvalue weighted by molar-refractivity contribution is 7.92. The first-order valence-electron chi connectivity index (χ1n) is 12.9. The number of methoxy groups -OCH3 is 1. The third kappa shape index (κ3) is 7.81. The van der Waals surface area contributed by atoms with E-state index in [9.17, 15) is 22.4 Å². The van der Waals surface area contributed by atoms with Crippen LogP contribution in [-0.2, 0) is 26.2 Å². The van der Waals surface area contributed by atoms with E-state index in [4.69, 9.17) is 4.74 Å². The number of amides is 2. The third-order valence-electron chi connectivity index (χ3n) is 6.10. The monoisotopic (exact) mass is 569 g/mol. The van der Waals surface area contributed by atoms with Crippen LogP contribution < -0.4 is 14.4 Å². The van der Waals surface area contributed by atoms with Crippen molar-refractivity contribution in [3.8, 4) is 5.75 Å². The van der Waals surface area contributed by atoms with Gasteiger partial charge in [-0.15, -0.1) is 0 Å². The number of ether oxygens (including phenoxy) is 1. The van der Waals surface area contributed by atoms with Crippen molar-refractivity contribution in [2.24, 2.45) is 0 Å². The van der Waals surface area contributed by atoms with Crippen molar-refractivity contribution in [2.45, 2.75) is 57.1 Å². The Labute approximate surface area is 235 Å². The van der Waals surface area contributed by atoms with Gasteiger partial charge < -0.3 is 15.0 Å². The topological polar surface area (TPSA) is 96.0 Å². The molecule has 0 aliphatic heterocycles. The van der Waals surface area contributed by atoms with E-state index in [-0.39, 0.29) is 23.0 Å². The molecule has 0 bridgehead atoms. The zero-order valence-electron chi connectivity index (χ0n) is 23.4. The van der Waals surface area contributed by atoms with E-state index >= 15 is 0 Å². The largest absolute Gasteiger partial charge is 0.497 e. The van der Waals surface area contributed by atoms with Crippen molar-refractivity contribution in [2.75, 3.05) is 18.0 Å². The van der Waals surface area contributed by atoms with Crippen LogP contribution in [0, 0.1) is 5.82 Å². The van der Waals surface area contributed by atoms with Crippen LogP contribution in [-0.4, -0.2) is 50.4 Å². The Kier molecular flexibility index (Phi) is 9.92. The van der Waals surface area contributed by atoms with Crippen LogP contribution in [0.4, 0.5) is 10.1 Å². The summed E-state index contributed by atoms with van der Waals surface area (Å²) in [5, 5.41) is 2.94. The summed E-state index contributed by atoms with van der Waals surface area (Å²) in [7, 11) is -2.73. The molecular weight excluding hydrogens is 533 g/mol. The Morgan fingerprint density at radius 2 is 1.62 bits per heavy atom. The summed E-state index contributed by atoms with van der Waals surface area (Å²) in [4.78, 5) is 28.6. The molecule has 0 aliphatic rings. The van der Waals surface area contributed by atoms with Crippen LogP contribution in [0.3, 0.4) is 0 Å². The molecule has 10 heteroatoms. The summed E-state index contributed by atoms with van der Waals surface area (Å²) in [5.41, 5.74) is 0.424. The van der Waals surface area contributed by atoms with Crippen LogP contribution in [0.2, 0.25) is 0 Å². The third-order valence-corrected chi connectivity index (χ3v) is 7.88. The van der Waals surface area contributed by atoms with Crippen molar-refractivity contribution in [1.29, 1.82) is 0 Å². The number of halogens is 1. The zero-order valence-corrected chi connectivity index (χ0v) is 24.2. The van der Waals surface area contributed by atoms with Crippen LogP contribution in [0.15, 0.2) is 83.8 Å². The van der Waals surface area contributed by atoms with Crippen molar-refractivity contribution in [3.05, 3.63) is 90.2 Å². The molecule has 1 N–H and O–H groups in total. The molecule has 0 fully saturated rings. The quantitative estimate of drug-likeness (QED) is 0.360. The van der Waals surface area contributed by atoms with E-state index in [1.807, 2.05) is 20.8 Å². The lowest BCUT2D eigenvalue weighted by molar-refractivity contribution is -0.141. The number of benzene rings is 3. The van der Waals surface area contributed by atoms with Gasteiger partial charge >= 0.3 is 0 Å². The molecule has 0 saturated carbocycles. The van der Waals surface area contributed by atoms with E-state index < -0.39 is 39.9 Å². The van der Waals surface area contributed by atoms with Gasteiger partial charge in [-0.3, -0.25) is 13.9 Å². The average molecular weight is 570 g/mol. The lowest BCUT2D eigenvalue weighted by Crippen LogP contribution is -2.55. The van der Waals surface area contributed by atoms with Gasteiger partial charge in [0, 0.05) is 12.1 Å². The summed E-state index contributed by atoms with van der Waals surface area (Å²) < 4.78 is 47.4. The fraction of sp³-hybridized carbons (Fsp3) is 0.333. The normalized spacial score (nSPS) is 12.3. The lowest BCUT2D eigenvalue weighted by Gasteiger charge is -2.34. The van der Waals surface area contributed by atoms with Gasteiger partial charge in [0.25, 0.3) is 10.0 Å². The highest BCUT2D eigenvalue weighted by Crippen LogP contribution is 2.25. The molecule has 214 valence electrons. The number of nitrogens with zero attached hydrogens (tertiary/aromatic N) is 2. The molecule has 0 saturated heterocycles. The number of carbonyl (C=O) groups excluding carboxylic acids is 2. The minimum Gasteiger partial charge on any atom is -0.497 e. The predicted octanol–water partition coefficient (Wildman–Crippen LogP) is 4.75. The number of carbonyl (C=O) groups is 2. The molecule has 8 nitrogen and oxygen atoms in total. The van der Waals surface area contributed by atoms with E-state index in [2.05, 4.69) is 5.32 Å². The molecule has 40 heavy (non-hydrogen) atoms. The molecule has 2 amide bonds. The smallest absolute Gasteiger partial charge is 0.264 e. The Balaban J connectivity index is 2.05. The fourth-order valence-electron chi connectivity index (χ4n) is 4.20. The second kappa shape index (κ2) is 13.0. The standard InChI is InChI=1S/C30H36FN3O5S/c1-6-27(29(36)32-30(2,3)4)33(20-22-11-10-14-25(19-22)39-5)28(35)21-34(24-12-8-7-9-13-24)40(37,38)26-17-15-23(31)16-18-26/h7-19,27H,6,20-21H2,1-5H3,(H,32,36)/t27-/m0/s1. The van der Waals surface area contributed by atoms with Crippen LogP contribution in [0.5, 0.6) is 5.75 Å². The first-order chi connectivity index (χ1) is 18.9. The summed E-state index contributed by atoms with van der Waals surface area (Å²) >= 11 is 0. The first kappa shape index (κ1) is 30.6. The molecule has 3 aromatic rings. The Bertz CT molecular complexity index is 1410. The maximum Gasteiger partial charge on any atom is 0.264 e. The van der Waals surface area contributed by atoms with Gasteiger partial charge in [-0.05, 0) is 81.3 Å². The number of para-hydroxylation sites is 1. The number of anilines is 1. The van der Waals surface area contributed by atoms with Gasteiger partial charge in [-0.25, -0.2) is 12.8 Å². The fourth-order valence-corrected chi connectivity index (χ4v) is 5.61. The van der Waals surface area contributed by atoms with Gasteiger partial charge in [0.1, 0.15) is 24.2 Å². The number of rotatable bonds is 11. The van der Waals surface area contributed by atoms with Gasteiger partial charge in [-0.2, -0.15) is 0 Å². The summed E-state index contributed by atoms with van der Waals surface area (Å²) in [6, 6.07) is 18.9. The maximum absolute atomic E-state index is 14.0. The number of sulfonamides is 1. The van der Waals surface area contributed by atoms with E-state index in [0.29, 0.717) is 17.7 Å². The highest BCUT2D eigenvalue weighted by Gasteiger charge is 2.34. The molecule has 0 spiro atoms. The lowest BCUT2D eigenvalue weighted by atomic mass is 10.1. The Morgan fingerprint density at radius 1 is 0.975 bits per heavy atom. The number of hydrogen-bond donors (Lipinski definition) is 1. The van der Waals surface area contributed by atoms with E-state index in [1.54, 1.807) is 61.5 Å². The van der Waals surface area contributed by atoms with Gasteiger partial charge in [0.15, 0.2) is 0 Å². The molecule has 0 aromatic heterocycles. The zero-order chi connectivity index (χ0) is 29.5. The first-order valence-corrected chi connectivity index (χ1v) is 14.4. The summed E-state index contributed by atoms with van der Waals surface area (Å²) in [6.45, 7) is 6.80. The van der Waals surface area contributed by atoms with Gasteiger partial charge in [0.2, 0.25) is 11.8 Å². The maximum atomic E-state index is 14.0.